The number of nitriles is 1. The van der Waals surface area contributed by atoms with E-state index in [1.165, 1.54) is 37.8 Å². The summed E-state index contributed by atoms with van der Waals surface area (Å²) < 4.78 is 2.39. The molecule has 2 aromatic heterocycles. The van der Waals surface area contributed by atoms with Crippen LogP contribution in [0.4, 0.5) is 0 Å². The molecule has 28 heavy (non-hydrogen) atoms. The van der Waals surface area contributed by atoms with Crippen LogP contribution in [-0.4, -0.2) is 15.5 Å². The van der Waals surface area contributed by atoms with Crippen molar-refractivity contribution < 1.29 is 4.79 Å². The number of carbonyl (C=O) groups is 1. The fourth-order valence-electron chi connectivity index (χ4n) is 4.01. The highest BCUT2D eigenvalue weighted by molar-refractivity contribution is 7.09. The molecule has 2 aromatic rings. The molecule has 0 unspecified atom stereocenters. The minimum Gasteiger partial charge on any atom is -0.346 e. The number of aryl methyl sites for hydroxylation is 2. The van der Waals surface area contributed by atoms with Gasteiger partial charge in [0.2, 0.25) is 0 Å². The van der Waals surface area contributed by atoms with Crippen molar-refractivity contribution in [1.82, 2.24) is 14.9 Å². The fraction of sp³-hybridized carbons (Fsp3) is 0.500. The molecule has 1 fully saturated rings. The minimum atomic E-state index is -0.351. The summed E-state index contributed by atoms with van der Waals surface area (Å²) in [6, 6.07) is 4.68. The molecule has 2 heterocycles. The number of thiazole rings is 1. The lowest BCUT2D eigenvalue weighted by molar-refractivity contribution is -0.117. The molecule has 1 aliphatic rings. The maximum atomic E-state index is 12.5. The van der Waals surface area contributed by atoms with Crippen molar-refractivity contribution in [2.24, 2.45) is 0 Å². The Balaban J connectivity index is 1.74. The molecule has 0 saturated heterocycles. The predicted molar refractivity (Wildman–Crippen MR) is 113 cm³/mol. The highest BCUT2D eigenvalue weighted by Gasteiger charge is 2.20. The smallest absolute Gasteiger partial charge is 0.262 e. The monoisotopic (exact) mass is 396 g/mol. The van der Waals surface area contributed by atoms with Crippen LogP contribution in [0.2, 0.25) is 0 Å². The highest BCUT2D eigenvalue weighted by atomic mass is 32.1. The van der Waals surface area contributed by atoms with Crippen LogP contribution in [-0.2, 0) is 17.8 Å². The van der Waals surface area contributed by atoms with Gasteiger partial charge in [-0.25, -0.2) is 4.98 Å². The zero-order chi connectivity index (χ0) is 20.1. The van der Waals surface area contributed by atoms with Gasteiger partial charge in [-0.05, 0) is 50.8 Å². The molecule has 0 aliphatic heterocycles. The molecule has 0 atom stereocenters. The fourth-order valence-corrected chi connectivity index (χ4v) is 4.76. The lowest BCUT2D eigenvalue weighted by Gasteiger charge is -2.26. The van der Waals surface area contributed by atoms with Crippen molar-refractivity contribution in [2.75, 3.05) is 0 Å². The Morgan fingerprint density at radius 3 is 2.79 bits per heavy atom. The van der Waals surface area contributed by atoms with Crippen molar-refractivity contribution in [2.45, 2.75) is 71.9 Å². The first-order valence-electron chi connectivity index (χ1n) is 10.0. The van der Waals surface area contributed by atoms with E-state index in [0.29, 0.717) is 12.6 Å². The van der Waals surface area contributed by atoms with Crippen LogP contribution in [0, 0.1) is 25.2 Å². The normalized spacial score (nSPS) is 15.4. The van der Waals surface area contributed by atoms with Gasteiger partial charge in [0.15, 0.2) is 0 Å². The zero-order valence-electron chi connectivity index (χ0n) is 16.9. The minimum absolute atomic E-state index is 0.134. The number of nitrogens with one attached hydrogen (secondary N) is 1. The predicted octanol–water partition coefficient (Wildman–Crippen LogP) is 4.85. The average molecular weight is 397 g/mol. The maximum absolute atomic E-state index is 12.5. The quantitative estimate of drug-likeness (QED) is 0.560. The van der Waals surface area contributed by atoms with Gasteiger partial charge in [0.1, 0.15) is 11.6 Å². The second-order valence-corrected chi connectivity index (χ2v) is 8.37. The Hall–Kier alpha value is -2.39. The van der Waals surface area contributed by atoms with Crippen LogP contribution < -0.4 is 5.32 Å². The van der Waals surface area contributed by atoms with Gasteiger partial charge in [0.05, 0.1) is 17.2 Å². The third-order valence-corrected chi connectivity index (χ3v) is 6.50. The lowest BCUT2D eigenvalue weighted by Crippen LogP contribution is -2.24. The molecule has 1 aliphatic carbocycles. The van der Waals surface area contributed by atoms with Crippen LogP contribution in [0.1, 0.15) is 72.7 Å². The highest BCUT2D eigenvalue weighted by Crippen LogP contribution is 2.32. The van der Waals surface area contributed by atoms with Gasteiger partial charge in [0, 0.05) is 22.8 Å². The molecular weight excluding hydrogens is 368 g/mol. The molecule has 0 bridgehead atoms. The number of hydrogen-bond donors (Lipinski definition) is 1. The van der Waals surface area contributed by atoms with Gasteiger partial charge in [0.25, 0.3) is 5.91 Å². The van der Waals surface area contributed by atoms with Crippen molar-refractivity contribution in [1.29, 1.82) is 5.26 Å². The summed E-state index contributed by atoms with van der Waals surface area (Å²) in [5, 5.41) is 15.3. The van der Waals surface area contributed by atoms with Crippen LogP contribution in [0.5, 0.6) is 0 Å². The number of hydrogen-bond acceptors (Lipinski definition) is 4. The average Bonchev–Trinajstić information content (AvgIpc) is 3.28. The van der Waals surface area contributed by atoms with E-state index < -0.39 is 0 Å². The molecule has 1 saturated carbocycles. The SMILES string of the molecule is CCc1nc(CNC(=O)/C(C#N)=C/c2cc(C)n(C3CCCCC3)c2C)cs1. The largest absolute Gasteiger partial charge is 0.346 e. The van der Waals surface area contributed by atoms with Gasteiger partial charge in [-0.2, -0.15) is 5.26 Å². The molecule has 5 nitrogen and oxygen atoms in total. The van der Waals surface area contributed by atoms with Crippen molar-refractivity contribution >= 4 is 23.3 Å². The summed E-state index contributed by atoms with van der Waals surface area (Å²) in [4.78, 5) is 16.9. The van der Waals surface area contributed by atoms with Gasteiger partial charge < -0.3 is 9.88 Å². The Morgan fingerprint density at radius 1 is 1.39 bits per heavy atom. The molecule has 3 rings (SSSR count). The summed E-state index contributed by atoms with van der Waals surface area (Å²) in [6.45, 7) is 6.59. The Labute approximate surface area is 171 Å². The molecular formula is C22H28N4OS. The van der Waals surface area contributed by atoms with Crippen molar-refractivity contribution in [3.05, 3.63) is 44.7 Å². The topological polar surface area (TPSA) is 70.7 Å². The third-order valence-electron chi connectivity index (χ3n) is 5.46. The standard InChI is InChI=1S/C22H28N4OS/c1-4-21-25-19(14-28-21)13-24-22(27)18(12-23)11-17-10-15(2)26(16(17)3)20-8-6-5-7-9-20/h10-11,14,20H,4-9,13H2,1-3H3,(H,24,27)/b18-11+. The second kappa shape index (κ2) is 9.20. The number of aromatic nitrogens is 2. The van der Waals surface area contributed by atoms with Crippen LogP contribution in [0.25, 0.3) is 6.08 Å². The zero-order valence-corrected chi connectivity index (χ0v) is 17.7. The van der Waals surface area contributed by atoms with Crippen LogP contribution >= 0.6 is 11.3 Å². The van der Waals surface area contributed by atoms with E-state index in [-0.39, 0.29) is 11.5 Å². The molecule has 148 valence electrons. The number of nitrogens with zero attached hydrogens (tertiary/aromatic N) is 3. The molecule has 0 aromatic carbocycles. The third kappa shape index (κ3) is 4.53. The van der Waals surface area contributed by atoms with E-state index >= 15 is 0 Å². The van der Waals surface area contributed by atoms with Gasteiger partial charge in [-0.1, -0.05) is 26.2 Å². The maximum Gasteiger partial charge on any atom is 0.262 e. The second-order valence-electron chi connectivity index (χ2n) is 7.43. The van der Waals surface area contributed by atoms with Crippen LogP contribution in [0.15, 0.2) is 17.0 Å². The summed E-state index contributed by atoms with van der Waals surface area (Å²) in [5.41, 5.74) is 4.26. The summed E-state index contributed by atoms with van der Waals surface area (Å²) in [5.74, 6) is -0.351. The summed E-state index contributed by atoms with van der Waals surface area (Å²) in [6.07, 6.45) is 8.88. The first kappa shape index (κ1) is 20.3. The van der Waals surface area contributed by atoms with E-state index in [4.69, 9.17) is 0 Å². The molecule has 6 heteroatoms. The van der Waals surface area contributed by atoms with E-state index in [2.05, 4.69) is 47.8 Å². The molecule has 0 spiro atoms. The first-order chi connectivity index (χ1) is 13.5. The van der Waals surface area contributed by atoms with E-state index in [1.807, 2.05) is 5.38 Å². The number of carbonyl (C=O) groups excluding carboxylic acids is 1. The van der Waals surface area contributed by atoms with Gasteiger partial charge >= 0.3 is 0 Å². The van der Waals surface area contributed by atoms with Crippen molar-refractivity contribution in [3.63, 3.8) is 0 Å². The number of rotatable bonds is 6. The molecule has 0 radical (unpaired) electrons. The van der Waals surface area contributed by atoms with E-state index in [0.717, 1.165) is 28.4 Å². The Bertz CT molecular complexity index is 910. The summed E-state index contributed by atoms with van der Waals surface area (Å²) >= 11 is 1.59. The Kier molecular flexibility index (Phi) is 6.69. The van der Waals surface area contributed by atoms with Gasteiger partial charge in [-0.15, -0.1) is 11.3 Å². The van der Waals surface area contributed by atoms with Crippen LogP contribution in [0.3, 0.4) is 0 Å². The van der Waals surface area contributed by atoms with Crippen molar-refractivity contribution in [3.8, 4) is 6.07 Å². The van der Waals surface area contributed by atoms with E-state index in [1.54, 1.807) is 17.4 Å². The first-order valence-corrected chi connectivity index (χ1v) is 10.9. The van der Waals surface area contributed by atoms with E-state index in [9.17, 15) is 10.1 Å². The van der Waals surface area contributed by atoms with Gasteiger partial charge in [-0.3, -0.25) is 4.79 Å². The Morgan fingerprint density at radius 2 is 2.14 bits per heavy atom. The molecule has 1 amide bonds. The lowest BCUT2D eigenvalue weighted by atomic mass is 9.95. The summed E-state index contributed by atoms with van der Waals surface area (Å²) in [7, 11) is 0. The molecule has 1 N–H and O–H groups in total. The number of amides is 1.